The number of unbranched alkanes of at least 4 members (excludes halogenated alkanes) is 1. The number of ether oxygens (including phenoxy) is 1. The minimum atomic E-state index is -5.09. The molecule has 0 aromatic rings. The van der Waals surface area contributed by atoms with Crippen molar-refractivity contribution in [2.75, 3.05) is 6.61 Å². The molecule has 0 amide bonds. The van der Waals surface area contributed by atoms with Crippen LogP contribution in [0, 0.1) is 5.92 Å². The van der Waals surface area contributed by atoms with Crippen LogP contribution in [0.4, 0.5) is 17.6 Å². The lowest BCUT2D eigenvalue weighted by molar-refractivity contribution is -0.163. The molecule has 0 aromatic carbocycles. The summed E-state index contributed by atoms with van der Waals surface area (Å²) in [7, 11) is 0. The molecule has 0 bridgehead atoms. The van der Waals surface area contributed by atoms with Gasteiger partial charge in [-0.3, -0.25) is 9.00 Å². The molecule has 0 heterocycles. The standard InChI is InChI=1S/C13H20F4O4S/c14-12(15,13(16,17)22(19)20)8-4-5-9-21-11(18)10-6-2-1-3-7-10/h10H,1-9H2,(H,19,20)/p-1. The molecule has 0 radical (unpaired) electrons. The maximum atomic E-state index is 13.1. The molecule has 0 aromatic heterocycles. The lowest BCUT2D eigenvalue weighted by Crippen LogP contribution is -2.43. The van der Waals surface area contributed by atoms with E-state index < -0.39 is 28.7 Å². The SMILES string of the molecule is O=C(OCCCCC(F)(F)C(F)(F)S(=O)[O-])C1CCCCC1. The largest absolute Gasteiger partial charge is 0.768 e. The Morgan fingerprint density at radius 1 is 1.14 bits per heavy atom. The summed E-state index contributed by atoms with van der Waals surface area (Å²) in [6.45, 7) is -0.128. The predicted molar refractivity (Wildman–Crippen MR) is 70.2 cm³/mol. The van der Waals surface area contributed by atoms with Crippen molar-refractivity contribution in [1.29, 1.82) is 0 Å². The lowest BCUT2D eigenvalue weighted by atomic mass is 9.89. The molecule has 1 atom stereocenters. The number of carbonyl (C=O) groups excluding carboxylic acids is 1. The quantitative estimate of drug-likeness (QED) is 0.292. The zero-order chi connectivity index (χ0) is 16.8. The minimum Gasteiger partial charge on any atom is -0.768 e. The van der Waals surface area contributed by atoms with Crippen molar-refractivity contribution < 1.29 is 35.9 Å². The van der Waals surface area contributed by atoms with E-state index in [2.05, 4.69) is 0 Å². The highest BCUT2D eigenvalue weighted by Crippen LogP contribution is 2.40. The fourth-order valence-corrected chi connectivity index (χ4v) is 2.69. The number of hydrogen-bond acceptors (Lipinski definition) is 4. The molecule has 0 spiro atoms. The molecule has 1 rings (SSSR count). The Labute approximate surface area is 128 Å². The molecule has 1 unspecified atom stereocenters. The van der Waals surface area contributed by atoms with Crippen LogP contribution in [0.1, 0.15) is 51.4 Å². The first-order valence-corrected chi connectivity index (χ1v) is 8.27. The van der Waals surface area contributed by atoms with Crippen molar-refractivity contribution in [1.82, 2.24) is 0 Å². The van der Waals surface area contributed by atoms with Crippen LogP contribution in [0.25, 0.3) is 0 Å². The van der Waals surface area contributed by atoms with E-state index in [1.165, 1.54) is 0 Å². The highest BCUT2D eigenvalue weighted by Gasteiger charge is 2.56. The third kappa shape index (κ3) is 5.19. The molecule has 1 aliphatic rings. The Morgan fingerprint density at radius 3 is 2.27 bits per heavy atom. The minimum absolute atomic E-state index is 0.0182. The fraction of sp³-hybridized carbons (Fsp3) is 0.923. The Hall–Kier alpha value is -0.700. The van der Waals surface area contributed by atoms with Crippen LogP contribution in [0.3, 0.4) is 0 Å². The van der Waals surface area contributed by atoms with Gasteiger partial charge in [0.2, 0.25) is 0 Å². The average molecular weight is 347 g/mol. The summed E-state index contributed by atoms with van der Waals surface area (Å²) >= 11 is -4.18. The van der Waals surface area contributed by atoms with Gasteiger partial charge >= 0.3 is 17.1 Å². The smallest absolute Gasteiger partial charge is 0.371 e. The first-order valence-electron chi connectivity index (χ1n) is 7.20. The van der Waals surface area contributed by atoms with E-state index in [-0.39, 0.29) is 31.3 Å². The summed E-state index contributed by atoms with van der Waals surface area (Å²) in [5, 5.41) is -5.09. The van der Waals surface area contributed by atoms with Crippen molar-refractivity contribution >= 4 is 17.0 Å². The van der Waals surface area contributed by atoms with Crippen LogP contribution in [0.15, 0.2) is 0 Å². The number of alkyl halides is 4. The maximum Gasteiger partial charge on any atom is 0.371 e. The zero-order valence-electron chi connectivity index (χ0n) is 12.0. The molecule has 9 heteroatoms. The molecule has 1 fully saturated rings. The van der Waals surface area contributed by atoms with Gasteiger partial charge in [0.1, 0.15) is 0 Å². The van der Waals surface area contributed by atoms with Crippen molar-refractivity contribution in [3.05, 3.63) is 0 Å². The van der Waals surface area contributed by atoms with Gasteiger partial charge in [0.25, 0.3) is 0 Å². The third-order valence-corrected chi connectivity index (χ3v) is 4.42. The van der Waals surface area contributed by atoms with Gasteiger partial charge in [-0.2, -0.15) is 17.6 Å². The Morgan fingerprint density at radius 2 is 1.73 bits per heavy atom. The van der Waals surface area contributed by atoms with E-state index in [9.17, 15) is 31.1 Å². The van der Waals surface area contributed by atoms with Crippen molar-refractivity contribution in [2.45, 2.75) is 62.5 Å². The van der Waals surface area contributed by atoms with E-state index >= 15 is 0 Å². The summed E-state index contributed by atoms with van der Waals surface area (Å²) < 4.78 is 76.8. The van der Waals surface area contributed by atoms with Gasteiger partial charge in [-0.05, 0) is 25.7 Å². The van der Waals surface area contributed by atoms with Gasteiger partial charge in [0.05, 0.1) is 12.5 Å². The molecule has 22 heavy (non-hydrogen) atoms. The molecule has 4 nitrogen and oxygen atoms in total. The van der Waals surface area contributed by atoms with Gasteiger partial charge < -0.3 is 9.29 Å². The molecule has 0 saturated heterocycles. The highest BCUT2D eigenvalue weighted by atomic mass is 32.2. The molecule has 130 valence electrons. The predicted octanol–water partition coefficient (Wildman–Crippen LogP) is 3.39. The second-order valence-corrected chi connectivity index (χ2v) is 6.40. The van der Waals surface area contributed by atoms with Gasteiger partial charge in [0.15, 0.2) is 0 Å². The number of halogens is 4. The Kier molecular flexibility index (Phi) is 7.24. The first kappa shape index (κ1) is 19.3. The van der Waals surface area contributed by atoms with E-state index in [1.807, 2.05) is 0 Å². The van der Waals surface area contributed by atoms with Crippen LogP contribution in [-0.4, -0.2) is 32.5 Å². The highest BCUT2D eigenvalue weighted by molar-refractivity contribution is 7.80. The fourth-order valence-electron chi connectivity index (χ4n) is 2.35. The molecule has 0 N–H and O–H groups in total. The van der Waals surface area contributed by atoms with Crippen LogP contribution in [-0.2, 0) is 20.6 Å². The number of carbonyl (C=O) groups is 1. The third-order valence-electron chi connectivity index (χ3n) is 3.70. The molecular formula is C13H19F4O4S-. The topological polar surface area (TPSA) is 66.4 Å². The van der Waals surface area contributed by atoms with Crippen LogP contribution >= 0.6 is 0 Å². The van der Waals surface area contributed by atoms with Crippen molar-refractivity contribution in [2.24, 2.45) is 5.92 Å². The maximum absolute atomic E-state index is 13.1. The molecule has 0 aliphatic heterocycles. The average Bonchev–Trinajstić information content (AvgIpc) is 2.47. The number of esters is 1. The van der Waals surface area contributed by atoms with E-state index in [0.717, 1.165) is 32.1 Å². The Balaban J connectivity index is 2.24. The van der Waals surface area contributed by atoms with Gasteiger partial charge in [-0.25, -0.2) is 0 Å². The van der Waals surface area contributed by atoms with Crippen molar-refractivity contribution in [3.8, 4) is 0 Å². The van der Waals surface area contributed by atoms with Gasteiger partial charge in [-0.1, -0.05) is 19.3 Å². The van der Waals surface area contributed by atoms with Crippen LogP contribution in [0.5, 0.6) is 0 Å². The van der Waals surface area contributed by atoms with Gasteiger partial charge in [-0.15, -0.1) is 0 Å². The zero-order valence-corrected chi connectivity index (χ0v) is 12.8. The van der Waals surface area contributed by atoms with Crippen molar-refractivity contribution in [3.63, 3.8) is 0 Å². The molecule has 1 saturated carbocycles. The van der Waals surface area contributed by atoms with E-state index in [4.69, 9.17) is 4.74 Å². The molecular weight excluding hydrogens is 328 g/mol. The number of hydrogen-bond donors (Lipinski definition) is 0. The Bertz CT molecular complexity index is 398. The lowest BCUT2D eigenvalue weighted by Gasteiger charge is -2.27. The summed E-state index contributed by atoms with van der Waals surface area (Å²) in [5.74, 6) is -5.17. The summed E-state index contributed by atoms with van der Waals surface area (Å²) in [6.07, 6.45) is 2.81. The summed E-state index contributed by atoms with van der Waals surface area (Å²) in [6, 6.07) is 0. The number of rotatable bonds is 8. The summed E-state index contributed by atoms with van der Waals surface area (Å²) in [4.78, 5) is 11.6. The second kappa shape index (κ2) is 8.24. The second-order valence-electron chi connectivity index (χ2n) is 5.42. The normalized spacial score (nSPS) is 19.0. The molecule has 1 aliphatic carbocycles. The van der Waals surface area contributed by atoms with E-state index in [1.54, 1.807) is 0 Å². The summed E-state index contributed by atoms with van der Waals surface area (Å²) in [5.41, 5.74) is 0. The van der Waals surface area contributed by atoms with Crippen LogP contribution in [0.2, 0.25) is 0 Å². The van der Waals surface area contributed by atoms with Crippen LogP contribution < -0.4 is 0 Å². The van der Waals surface area contributed by atoms with E-state index in [0.29, 0.717) is 0 Å². The van der Waals surface area contributed by atoms with Gasteiger partial charge in [0, 0.05) is 17.5 Å². The monoisotopic (exact) mass is 347 g/mol. The first-order chi connectivity index (χ1) is 10.2.